The molecule has 1 aliphatic heterocycles. The van der Waals surface area contributed by atoms with Crippen LogP contribution in [0.25, 0.3) is 22.0 Å². The highest BCUT2D eigenvalue weighted by Crippen LogP contribution is 2.37. The first-order valence-electron chi connectivity index (χ1n) is 9.40. The number of carbonyl (C=O) groups is 1. The summed E-state index contributed by atoms with van der Waals surface area (Å²) in [4.78, 5) is 40.2. The van der Waals surface area contributed by atoms with Gasteiger partial charge in [0.05, 0.1) is 4.92 Å². The van der Waals surface area contributed by atoms with Crippen LogP contribution in [-0.2, 0) is 4.79 Å². The summed E-state index contributed by atoms with van der Waals surface area (Å²) in [5, 5.41) is 11.9. The van der Waals surface area contributed by atoms with E-state index in [2.05, 4.69) is 4.98 Å². The number of nitro groups is 1. The molecule has 0 radical (unpaired) electrons. The average Bonchev–Trinajstić information content (AvgIpc) is 2.73. The highest BCUT2D eigenvalue weighted by Gasteiger charge is 2.27. The van der Waals surface area contributed by atoms with Crippen LogP contribution in [0.4, 0.5) is 11.4 Å². The number of nitro benzene ring substituents is 1. The molecule has 8 nitrogen and oxygen atoms in total. The molecule has 0 unspecified atom stereocenters. The van der Waals surface area contributed by atoms with Gasteiger partial charge in [-0.1, -0.05) is 30.3 Å². The van der Waals surface area contributed by atoms with E-state index in [9.17, 15) is 19.7 Å². The number of rotatable bonds is 4. The lowest BCUT2D eigenvalue weighted by Gasteiger charge is -2.33. The Morgan fingerprint density at radius 1 is 1.14 bits per heavy atom. The van der Waals surface area contributed by atoms with Crippen molar-refractivity contribution in [3.63, 3.8) is 0 Å². The molecule has 1 amide bonds. The second kappa shape index (κ2) is 7.38. The molecule has 1 fully saturated rings. The molecule has 1 saturated heterocycles. The zero-order valence-corrected chi connectivity index (χ0v) is 15.6. The van der Waals surface area contributed by atoms with Gasteiger partial charge in [-0.3, -0.25) is 19.7 Å². The second-order valence-corrected chi connectivity index (χ2v) is 7.19. The number of nitrogens with zero attached hydrogens (tertiary/aromatic N) is 2. The van der Waals surface area contributed by atoms with Crippen LogP contribution >= 0.6 is 0 Å². The normalized spacial score (nSPS) is 14.8. The van der Waals surface area contributed by atoms with Crippen molar-refractivity contribution in [2.75, 3.05) is 18.0 Å². The van der Waals surface area contributed by atoms with Crippen LogP contribution < -0.4 is 16.2 Å². The Labute approximate surface area is 166 Å². The number of carbonyl (C=O) groups excluding carboxylic acids is 1. The van der Waals surface area contributed by atoms with Crippen LogP contribution in [0.5, 0.6) is 0 Å². The number of benzene rings is 2. The predicted octanol–water partition coefficient (Wildman–Crippen LogP) is 2.81. The summed E-state index contributed by atoms with van der Waals surface area (Å²) in [5.74, 6) is -0.525. The first-order chi connectivity index (χ1) is 14.0. The fourth-order valence-corrected chi connectivity index (χ4v) is 3.97. The fourth-order valence-electron chi connectivity index (χ4n) is 3.97. The van der Waals surface area contributed by atoms with E-state index < -0.39 is 4.92 Å². The van der Waals surface area contributed by atoms with Crippen LogP contribution in [-0.4, -0.2) is 28.9 Å². The second-order valence-electron chi connectivity index (χ2n) is 7.19. The molecule has 0 bridgehead atoms. The van der Waals surface area contributed by atoms with Gasteiger partial charge in [0, 0.05) is 47.6 Å². The van der Waals surface area contributed by atoms with Crippen LogP contribution in [0.3, 0.4) is 0 Å². The molecule has 0 spiro atoms. The highest BCUT2D eigenvalue weighted by molar-refractivity contribution is 6.01. The Kier molecular flexibility index (Phi) is 4.75. The third kappa shape index (κ3) is 3.44. The van der Waals surface area contributed by atoms with Gasteiger partial charge in [0.2, 0.25) is 5.91 Å². The minimum absolute atomic E-state index is 0.0416. The van der Waals surface area contributed by atoms with Crippen molar-refractivity contribution >= 4 is 28.2 Å². The number of anilines is 1. The minimum atomic E-state index is -0.447. The molecule has 148 valence electrons. The summed E-state index contributed by atoms with van der Waals surface area (Å²) in [7, 11) is 0. The fraction of sp³-hybridized carbons (Fsp3) is 0.238. The quantitative estimate of drug-likeness (QED) is 0.522. The van der Waals surface area contributed by atoms with E-state index in [1.807, 2.05) is 35.2 Å². The maximum absolute atomic E-state index is 13.0. The van der Waals surface area contributed by atoms with Gasteiger partial charge in [0.1, 0.15) is 5.69 Å². The lowest BCUT2D eigenvalue weighted by Crippen LogP contribution is -2.41. The topological polar surface area (TPSA) is 122 Å². The molecule has 4 rings (SSSR count). The van der Waals surface area contributed by atoms with E-state index in [1.54, 1.807) is 6.07 Å². The van der Waals surface area contributed by atoms with Crippen molar-refractivity contribution < 1.29 is 9.72 Å². The van der Waals surface area contributed by atoms with E-state index in [0.717, 1.165) is 5.56 Å². The molecule has 2 aromatic carbocycles. The van der Waals surface area contributed by atoms with Gasteiger partial charge in [0.15, 0.2) is 0 Å². The number of nitrogens with two attached hydrogens (primary N) is 1. The summed E-state index contributed by atoms with van der Waals surface area (Å²) in [6.07, 6.45) is 1.13. The first-order valence-corrected chi connectivity index (χ1v) is 9.40. The van der Waals surface area contributed by atoms with Crippen molar-refractivity contribution in [1.82, 2.24) is 4.98 Å². The number of primary amides is 1. The van der Waals surface area contributed by atoms with Gasteiger partial charge in [0.25, 0.3) is 11.2 Å². The third-order valence-electron chi connectivity index (χ3n) is 5.46. The molecular formula is C21H20N4O4. The molecule has 2 heterocycles. The number of H-pyrrole nitrogens is 1. The van der Waals surface area contributed by atoms with Crippen LogP contribution in [0.15, 0.2) is 53.3 Å². The van der Waals surface area contributed by atoms with Crippen LogP contribution in [0.1, 0.15) is 12.8 Å². The minimum Gasteiger partial charge on any atom is -0.369 e. The van der Waals surface area contributed by atoms with Gasteiger partial charge in [-0.25, -0.2) is 0 Å². The van der Waals surface area contributed by atoms with Gasteiger partial charge >= 0.3 is 0 Å². The molecule has 29 heavy (non-hydrogen) atoms. The Hall–Kier alpha value is -3.68. The SMILES string of the molecule is NC(=O)C1CCN(c2c(-c3ccccc3)c3cc([N+](=O)[O-])ccc3[nH]c2=O)CC1. The maximum Gasteiger partial charge on any atom is 0.272 e. The Morgan fingerprint density at radius 2 is 1.83 bits per heavy atom. The zero-order chi connectivity index (χ0) is 20.5. The molecule has 1 aliphatic rings. The summed E-state index contributed by atoms with van der Waals surface area (Å²) in [6, 6.07) is 13.8. The van der Waals surface area contributed by atoms with E-state index in [4.69, 9.17) is 5.73 Å². The molecule has 1 aromatic heterocycles. The summed E-state index contributed by atoms with van der Waals surface area (Å²) < 4.78 is 0. The number of fused-ring (bicyclic) bond motifs is 1. The number of non-ortho nitro benzene ring substituents is 1. The van der Waals surface area contributed by atoms with Crippen molar-refractivity contribution in [2.24, 2.45) is 11.7 Å². The van der Waals surface area contributed by atoms with Crippen molar-refractivity contribution in [1.29, 1.82) is 0 Å². The summed E-state index contributed by atoms with van der Waals surface area (Å²) in [5.41, 5.74) is 7.59. The Bertz CT molecular complexity index is 1150. The van der Waals surface area contributed by atoms with Gasteiger partial charge in [-0.05, 0) is 24.5 Å². The Balaban J connectivity index is 1.94. The number of aromatic nitrogens is 1. The highest BCUT2D eigenvalue weighted by atomic mass is 16.6. The lowest BCUT2D eigenvalue weighted by atomic mass is 9.93. The van der Waals surface area contributed by atoms with E-state index in [0.29, 0.717) is 48.1 Å². The van der Waals surface area contributed by atoms with E-state index in [1.165, 1.54) is 12.1 Å². The van der Waals surface area contributed by atoms with Crippen molar-refractivity contribution in [3.05, 3.63) is 69.0 Å². The van der Waals surface area contributed by atoms with Crippen molar-refractivity contribution in [2.45, 2.75) is 12.8 Å². The van der Waals surface area contributed by atoms with Gasteiger partial charge in [-0.2, -0.15) is 0 Å². The summed E-state index contributed by atoms with van der Waals surface area (Å²) in [6.45, 7) is 1.02. The number of piperidine rings is 1. The molecule has 3 aromatic rings. The number of amides is 1. The number of hydrogen-bond donors (Lipinski definition) is 2. The van der Waals surface area contributed by atoms with Crippen LogP contribution in [0.2, 0.25) is 0 Å². The lowest BCUT2D eigenvalue weighted by molar-refractivity contribution is -0.384. The largest absolute Gasteiger partial charge is 0.369 e. The predicted molar refractivity (Wildman–Crippen MR) is 111 cm³/mol. The van der Waals surface area contributed by atoms with E-state index >= 15 is 0 Å². The molecule has 3 N–H and O–H groups in total. The number of hydrogen-bond acceptors (Lipinski definition) is 5. The number of nitrogens with one attached hydrogen (secondary N) is 1. The van der Waals surface area contributed by atoms with Gasteiger partial charge in [-0.15, -0.1) is 0 Å². The monoisotopic (exact) mass is 392 g/mol. The van der Waals surface area contributed by atoms with Crippen LogP contribution in [0, 0.1) is 16.0 Å². The smallest absolute Gasteiger partial charge is 0.272 e. The Morgan fingerprint density at radius 3 is 2.45 bits per heavy atom. The third-order valence-corrected chi connectivity index (χ3v) is 5.46. The number of aromatic amines is 1. The molecule has 0 atom stereocenters. The first kappa shape index (κ1) is 18.7. The molecular weight excluding hydrogens is 372 g/mol. The van der Waals surface area contributed by atoms with Crippen molar-refractivity contribution in [3.8, 4) is 11.1 Å². The standard InChI is InChI=1S/C21H20N4O4/c22-20(26)14-8-10-24(11-9-14)19-18(13-4-2-1-3-5-13)16-12-15(25(28)29)6-7-17(16)23-21(19)27/h1-7,12,14H,8-11H2,(H2,22,26)(H,23,27). The maximum atomic E-state index is 13.0. The summed E-state index contributed by atoms with van der Waals surface area (Å²) >= 11 is 0. The molecule has 8 heteroatoms. The molecule has 0 aliphatic carbocycles. The van der Waals surface area contributed by atoms with E-state index in [-0.39, 0.29) is 23.1 Å². The number of pyridine rings is 1. The average molecular weight is 392 g/mol. The zero-order valence-electron chi connectivity index (χ0n) is 15.6. The van der Waals surface area contributed by atoms with Gasteiger partial charge < -0.3 is 15.6 Å². The molecule has 0 saturated carbocycles.